The number of nitrogens with zero attached hydrogens (tertiary/aromatic N) is 1. The van der Waals surface area contributed by atoms with E-state index >= 15 is 0 Å². The lowest BCUT2D eigenvalue weighted by molar-refractivity contribution is -0.121. The number of sulfonamides is 1. The van der Waals surface area contributed by atoms with E-state index in [-0.39, 0.29) is 35.4 Å². The van der Waals surface area contributed by atoms with Gasteiger partial charge in [0.15, 0.2) is 0 Å². The molecular weight excluding hydrogens is 320 g/mol. The van der Waals surface area contributed by atoms with Crippen molar-refractivity contribution in [2.24, 2.45) is 5.10 Å². The summed E-state index contributed by atoms with van der Waals surface area (Å²) in [6.07, 6.45) is 0.479. The molecule has 23 heavy (non-hydrogen) atoms. The third-order valence-electron chi connectivity index (χ3n) is 2.98. The molecule has 0 aromatic heterocycles. The van der Waals surface area contributed by atoms with E-state index in [9.17, 15) is 18.0 Å². The van der Waals surface area contributed by atoms with Gasteiger partial charge in [0, 0.05) is 24.6 Å². The van der Waals surface area contributed by atoms with E-state index in [1.165, 1.54) is 24.3 Å². The second kappa shape index (κ2) is 6.88. The van der Waals surface area contributed by atoms with E-state index in [1.54, 1.807) is 13.8 Å². The standard InChI is InChI=1S/C14H18N4O4S/c1-9(2)18-23(21,22)11-5-3-10(4-6-11)15-14(20)12-7-8-13(19)17-16-12/h3-6,9,18H,7-8H2,1-2H3,(H,15,20)(H,17,19). The number of carbonyl (C=O) groups excluding carboxylic acids is 2. The molecule has 0 unspecified atom stereocenters. The molecule has 0 spiro atoms. The van der Waals surface area contributed by atoms with Crippen LogP contribution in [0.25, 0.3) is 0 Å². The Morgan fingerprint density at radius 1 is 1.22 bits per heavy atom. The van der Waals surface area contributed by atoms with Crippen LogP contribution in [0, 0.1) is 0 Å². The van der Waals surface area contributed by atoms with Gasteiger partial charge in [-0.25, -0.2) is 18.6 Å². The maximum Gasteiger partial charge on any atom is 0.271 e. The summed E-state index contributed by atoms with van der Waals surface area (Å²) < 4.78 is 26.5. The van der Waals surface area contributed by atoms with Crippen LogP contribution in [0.1, 0.15) is 26.7 Å². The average molecular weight is 338 g/mol. The van der Waals surface area contributed by atoms with Crippen molar-refractivity contribution in [2.75, 3.05) is 5.32 Å². The minimum Gasteiger partial charge on any atom is -0.321 e. The minimum absolute atomic E-state index is 0.117. The number of hydrogen-bond donors (Lipinski definition) is 3. The lowest BCUT2D eigenvalue weighted by atomic mass is 10.1. The zero-order valence-corrected chi connectivity index (χ0v) is 13.6. The molecule has 8 nitrogen and oxygen atoms in total. The first-order chi connectivity index (χ1) is 10.8. The molecule has 9 heteroatoms. The van der Waals surface area contributed by atoms with E-state index in [4.69, 9.17) is 0 Å². The number of rotatable bonds is 5. The molecule has 0 saturated heterocycles. The lowest BCUT2D eigenvalue weighted by Gasteiger charge is -2.13. The fourth-order valence-corrected chi connectivity index (χ4v) is 3.19. The Kier molecular flexibility index (Phi) is 5.12. The molecule has 0 saturated carbocycles. The molecule has 2 amide bonds. The zero-order valence-electron chi connectivity index (χ0n) is 12.8. The molecule has 0 radical (unpaired) electrons. The van der Waals surface area contributed by atoms with Gasteiger partial charge in [0.2, 0.25) is 15.9 Å². The highest BCUT2D eigenvalue weighted by molar-refractivity contribution is 7.89. The lowest BCUT2D eigenvalue weighted by Crippen LogP contribution is -2.32. The Hall–Kier alpha value is -2.26. The molecule has 3 N–H and O–H groups in total. The molecule has 2 rings (SSSR count). The highest BCUT2D eigenvalue weighted by Crippen LogP contribution is 2.15. The van der Waals surface area contributed by atoms with Crippen molar-refractivity contribution in [1.82, 2.24) is 10.1 Å². The van der Waals surface area contributed by atoms with Gasteiger partial charge in [0.25, 0.3) is 5.91 Å². The van der Waals surface area contributed by atoms with Gasteiger partial charge in [0.05, 0.1) is 4.90 Å². The molecule has 0 atom stereocenters. The first-order valence-corrected chi connectivity index (χ1v) is 8.55. The predicted molar refractivity (Wildman–Crippen MR) is 85.3 cm³/mol. The fourth-order valence-electron chi connectivity index (χ4n) is 1.94. The Balaban J connectivity index is 2.06. The quantitative estimate of drug-likeness (QED) is 0.728. The topological polar surface area (TPSA) is 117 Å². The second-order valence-electron chi connectivity index (χ2n) is 5.35. The van der Waals surface area contributed by atoms with Crippen LogP contribution in [0.15, 0.2) is 34.3 Å². The van der Waals surface area contributed by atoms with Gasteiger partial charge >= 0.3 is 0 Å². The number of benzene rings is 1. The van der Waals surface area contributed by atoms with E-state index in [1.807, 2.05) is 0 Å². The van der Waals surface area contributed by atoms with Crippen molar-refractivity contribution in [2.45, 2.75) is 37.6 Å². The van der Waals surface area contributed by atoms with Gasteiger partial charge in [-0.1, -0.05) is 0 Å². The number of amides is 2. The summed E-state index contributed by atoms with van der Waals surface area (Å²) in [6.45, 7) is 3.46. The van der Waals surface area contributed by atoms with Crippen molar-refractivity contribution in [3.05, 3.63) is 24.3 Å². The van der Waals surface area contributed by atoms with E-state index in [2.05, 4.69) is 20.6 Å². The summed E-state index contributed by atoms with van der Waals surface area (Å²) in [4.78, 5) is 23.1. The van der Waals surface area contributed by atoms with Gasteiger partial charge < -0.3 is 5.32 Å². The maximum atomic E-state index is 12.0. The highest BCUT2D eigenvalue weighted by Gasteiger charge is 2.19. The summed E-state index contributed by atoms with van der Waals surface area (Å²) in [6, 6.07) is 5.60. The van der Waals surface area contributed by atoms with Crippen LogP contribution in [0.4, 0.5) is 5.69 Å². The third-order valence-corrected chi connectivity index (χ3v) is 4.65. The molecule has 1 aromatic carbocycles. The van der Waals surface area contributed by atoms with E-state index in [0.717, 1.165) is 0 Å². The summed E-state index contributed by atoms with van der Waals surface area (Å²) >= 11 is 0. The normalized spacial score (nSPS) is 15.1. The molecule has 0 bridgehead atoms. The zero-order chi connectivity index (χ0) is 17.0. The Bertz CT molecular complexity index is 739. The van der Waals surface area contributed by atoms with Crippen LogP contribution in [-0.4, -0.2) is 32.0 Å². The molecule has 1 aliphatic rings. The van der Waals surface area contributed by atoms with E-state index < -0.39 is 15.9 Å². The number of hydrazone groups is 1. The molecule has 1 aliphatic heterocycles. The molecule has 0 fully saturated rings. The number of anilines is 1. The van der Waals surface area contributed by atoms with Crippen LogP contribution in [-0.2, 0) is 19.6 Å². The third kappa shape index (κ3) is 4.60. The summed E-state index contributed by atoms with van der Waals surface area (Å²) in [5.74, 6) is -0.658. The van der Waals surface area contributed by atoms with Gasteiger partial charge in [0.1, 0.15) is 5.71 Å². The predicted octanol–water partition coefficient (Wildman–Crippen LogP) is 0.578. The SMILES string of the molecule is CC(C)NS(=O)(=O)c1ccc(NC(=O)C2=NNC(=O)CC2)cc1. The largest absolute Gasteiger partial charge is 0.321 e. The van der Waals surface area contributed by atoms with Crippen molar-refractivity contribution in [1.29, 1.82) is 0 Å². The summed E-state index contributed by atoms with van der Waals surface area (Å²) in [5.41, 5.74) is 2.91. The van der Waals surface area contributed by atoms with Crippen molar-refractivity contribution in [3.8, 4) is 0 Å². The van der Waals surface area contributed by atoms with Crippen LogP contribution < -0.4 is 15.5 Å². The molecular formula is C14H18N4O4S. The second-order valence-corrected chi connectivity index (χ2v) is 7.06. The minimum atomic E-state index is -3.57. The Labute approximate surface area is 134 Å². The van der Waals surface area contributed by atoms with Gasteiger partial charge in [-0.05, 0) is 38.1 Å². The Morgan fingerprint density at radius 2 is 1.87 bits per heavy atom. The van der Waals surface area contributed by atoms with Crippen LogP contribution in [0.3, 0.4) is 0 Å². The van der Waals surface area contributed by atoms with Crippen LogP contribution in [0.5, 0.6) is 0 Å². The van der Waals surface area contributed by atoms with Crippen LogP contribution in [0.2, 0.25) is 0 Å². The fraction of sp³-hybridized carbons (Fsp3) is 0.357. The number of carbonyl (C=O) groups is 2. The molecule has 1 aromatic rings. The first-order valence-electron chi connectivity index (χ1n) is 7.07. The average Bonchev–Trinajstić information content (AvgIpc) is 2.47. The summed E-state index contributed by atoms with van der Waals surface area (Å²) in [7, 11) is -3.57. The van der Waals surface area contributed by atoms with Crippen LogP contribution >= 0.6 is 0 Å². The molecule has 124 valence electrons. The molecule has 0 aliphatic carbocycles. The van der Waals surface area contributed by atoms with Gasteiger partial charge in [-0.2, -0.15) is 5.10 Å². The maximum absolute atomic E-state index is 12.0. The smallest absolute Gasteiger partial charge is 0.271 e. The highest BCUT2D eigenvalue weighted by atomic mass is 32.2. The first kappa shape index (κ1) is 17.1. The van der Waals surface area contributed by atoms with Crippen molar-refractivity contribution < 1.29 is 18.0 Å². The summed E-state index contributed by atoms with van der Waals surface area (Å²) in [5, 5.41) is 6.30. The monoisotopic (exact) mass is 338 g/mol. The number of hydrogen-bond acceptors (Lipinski definition) is 5. The number of nitrogens with one attached hydrogen (secondary N) is 3. The van der Waals surface area contributed by atoms with Crippen molar-refractivity contribution >= 4 is 33.2 Å². The van der Waals surface area contributed by atoms with E-state index in [0.29, 0.717) is 5.69 Å². The molecule has 1 heterocycles. The Morgan fingerprint density at radius 3 is 2.39 bits per heavy atom. The van der Waals surface area contributed by atoms with Gasteiger partial charge in [-0.3, -0.25) is 9.59 Å². The van der Waals surface area contributed by atoms with Gasteiger partial charge in [-0.15, -0.1) is 0 Å². The van der Waals surface area contributed by atoms with Crippen molar-refractivity contribution in [3.63, 3.8) is 0 Å².